The van der Waals surface area contributed by atoms with Gasteiger partial charge in [-0.3, -0.25) is 9.88 Å². The number of nitrogens with one attached hydrogen (secondary N) is 1. The maximum Gasteiger partial charge on any atom is 0.125 e. The van der Waals surface area contributed by atoms with E-state index in [0.717, 1.165) is 42.4 Å². The van der Waals surface area contributed by atoms with E-state index in [1.165, 1.54) is 4.88 Å². The third-order valence-electron chi connectivity index (χ3n) is 3.82. The van der Waals surface area contributed by atoms with Crippen molar-refractivity contribution in [2.45, 2.75) is 19.9 Å². The molecule has 0 spiro atoms. The van der Waals surface area contributed by atoms with Gasteiger partial charge in [-0.2, -0.15) is 0 Å². The van der Waals surface area contributed by atoms with Crippen LogP contribution in [-0.2, 0) is 0 Å². The van der Waals surface area contributed by atoms with Crippen molar-refractivity contribution in [1.82, 2.24) is 20.2 Å². The lowest BCUT2D eigenvalue weighted by molar-refractivity contribution is 0.187. The Labute approximate surface area is 123 Å². The summed E-state index contributed by atoms with van der Waals surface area (Å²) in [5.41, 5.74) is 2.26. The van der Waals surface area contributed by atoms with Gasteiger partial charge < -0.3 is 5.32 Å². The molecule has 0 radical (unpaired) electrons. The van der Waals surface area contributed by atoms with E-state index < -0.39 is 0 Å². The van der Waals surface area contributed by atoms with Gasteiger partial charge in [0.05, 0.1) is 5.69 Å². The van der Waals surface area contributed by atoms with Gasteiger partial charge in [-0.25, -0.2) is 4.98 Å². The number of piperazine rings is 1. The molecule has 20 heavy (non-hydrogen) atoms. The van der Waals surface area contributed by atoms with Gasteiger partial charge in [-0.05, 0) is 26.0 Å². The molecular weight excluding hydrogens is 268 g/mol. The molecule has 0 bridgehead atoms. The summed E-state index contributed by atoms with van der Waals surface area (Å²) in [6.45, 7) is 8.79. The van der Waals surface area contributed by atoms with Crippen LogP contribution in [0, 0.1) is 6.92 Å². The van der Waals surface area contributed by atoms with Gasteiger partial charge in [0.25, 0.3) is 0 Å². The van der Waals surface area contributed by atoms with Gasteiger partial charge in [0, 0.05) is 55.1 Å². The molecule has 5 heteroatoms. The molecule has 0 saturated carbocycles. The largest absolute Gasteiger partial charge is 0.314 e. The zero-order valence-corrected chi connectivity index (χ0v) is 12.8. The number of pyridine rings is 1. The second-order valence-corrected chi connectivity index (χ2v) is 6.20. The first-order chi connectivity index (χ1) is 9.75. The smallest absolute Gasteiger partial charge is 0.125 e. The lowest BCUT2D eigenvalue weighted by Gasteiger charge is -2.32. The lowest BCUT2D eigenvalue weighted by atomic mass is 10.2. The molecule has 1 aliphatic rings. The zero-order valence-electron chi connectivity index (χ0n) is 12.0. The van der Waals surface area contributed by atoms with Crippen LogP contribution in [0.15, 0.2) is 24.5 Å². The first kappa shape index (κ1) is 13.7. The standard InChI is InChI=1S/C15H20N4S/c1-11-14(12(2)19-8-6-16-7-9-19)20-15(18-11)13-4-3-5-17-10-13/h3-5,10,12,16H,6-9H2,1-2H3/t12-/m0/s1. The quantitative estimate of drug-likeness (QED) is 0.942. The summed E-state index contributed by atoms with van der Waals surface area (Å²) >= 11 is 1.80. The van der Waals surface area contributed by atoms with Crippen LogP contribution in [0.5, 0.6) is 0 Å². The Hall–Kier alpha value is -1.30. The Balaban J connectivity index is 1.85. The van der Waals surface area contributed by atoms with Crippen molar-refractivity contribution in [2.75, 3.05) is 26.2 Å². The van der Waals surface area contributed by atoms with Gasteiger partial charge in [0.15, 0.2) is 0 Å². The van der Waals surface area contributed by atoms with Crippen molar-refractivity contribution in [3.63, 3.8) is 0 Å². The van der Waals surface area contributed by atoms with Crippen LogP contribution in [0.4, 0.5) is 0 Å². The molecule has 0 aromatic carbocycles. The molecule has 3 rings (SSSR count). The first-order valence-electron chi connectivity index (χ1n) is 7.08. The molecular formula is C15H20N4S. The maximum absolute atomic E-state index is 4.73. The van der Waals surface area contributed by atoms with Crippen molar-refractivity contribution in [3.05, 3.63) is 35.1 Å². The van der Waals surface area contributed by atoms with E-state index >= 15 is 0 Å². The SMILES string of the molecule is Cc1nc(-c2cccnc2)sc1[C@H](C)N1CCNCC1. The monoisotopic (exact) mass is 288 g/mol. The van der Waals surface area contributed by atoms with Crippen LogP contribution in [-0.4, -0.2) is 41.0 Å². The number of thiazole rings is 1. The molecule has 0 unspecified atom stereocenters. The predicted octanol–water partition coefficient (Wildman–Crippen LogP) is 2.48. The van der Waals surface area contributed by atoms with Crippen LogP contribution < -0.4 is 5.32 Å². The molecule has 1 saturated heterocycles. The molecule has 106 valence electrons. The summed E-state index contributed by atoms with van der Waals surface area (Å²) in [5, 5.41) is 4.48. The van der Waals surface area contributed by atoms with Crippen LogP contribution in [0.1, 0.15) is 23.5 Å². The van der Waals surface area contributed by atoms with E-state index in [0.29, 0.717) is 6.04 Å². The fraction of sp³-hybridized carbons (Fsp3) is 0.467. The fourth-order valence-corrected chi connectivity index (χ4v) is 3.79. The minimum absolute atomic E-state index is 0.444. The molecule has 1 aliphatic heterocycles. The van der Waals surface area contributed by atoms with Gasteiger partial charge in [-0.15, -0.1) is 11.3 Å². The Kier molecular flexibility index (Phi) is 4.10. The van der Waals surface area contributed by atoms with E-state index in [1.807, 2.05) is 12.3 Å². The summed E-state index contributed by atoms with van der Waals surface area (Å²) in [6.07, 6.45) is 3.69. The van der Waals surface area contributed by atoms with Crippen LogP contribution in [0.2, 0.25) is 0 Å². The zero-order chi connectivity index (χ0) is 13.9. The van der Waals surface area contributed by atoms with Crippen LogP contribution in [0.3, 0.4) is 0 Å². The molecule has 2 aromatic heterocycles. The molecule has 2 aromatic rings. The van der Waals surface area contributed by atoms with Crippen molar-refractivity contribution in [1.29, 1.82) is 0 Å². The lowest BCUT2D eigenvalue weighted by Crippen LogP contribution is -2.44. The summed E-state index contributed by atoms with van der Waals surface area (Å²) < 4.78 is 0. The third kappa shape index (κ3) is 2.75. The number of hydrogen-bond donors (Lipinski definition) is 1. The Bertz CT molecular complexity index is 561. The number of aromatic nitrogens is 2. The van der Waals surface area contributed by atoms with Crippen molar-refractivity contribution in [3.8, 4) is 10.6 Å². The van der Waals surface area contributed by atoms with Crippen molar-refractivity contribution in [2.24, 2.45) is 0 Å². The molecule has 1 fully saturated rings. The van der Waals surface area contributed by atoms with Gasteiger partial charge in [0.1, 0.15) is 5.01 Å². The van der Waals surface area contributed by atoms with Crippen LogP contribution in [0.25, 0.3) is 10.6 Å². The van der Waals surface area contributed by atoms with Crippen LogP contribution >= 0.6 is 11.3 Å². The minimum atomic E-state index is 0.444. The highest BCUT2D eigenvalue weighted by Gasteiger charge is 2.22. The summed E-state index contributed by atoms with van der Waals surface area (Å²) in [5.74, 6) is 0. The number of aryl methyl sites for hydroxylation is 1. The summed E-state index contributed by atoms with van der Waals surface area (Å²) in [4.78, 5) is 12.8. The Morgan fingerprint density at radius 2 is 2.15 bits per heavy atom. The highest BCUT2D eigenvalue weighted by atomic mass is 32.1. The molecule has 0 aliphatic carbocycles. The minimum Gasteiger partial charge on any atom is -0.314 e. The highest BCUT2D eigenvalue weighted by molar-refractivity contribution is 7.15. The first-order valence-corrected chi connectivity index (χ1v) is 7.90. The van der Waals surface area contributed by atoms with E-state index in [4.69, 9.17) is 4.98 Å². The molecule has 4 nitrogen and oxygen atoms in total. The molecule has 3 heterocycles. The van der Waals surface area contributed by atoms with E-state index in [9.17, 15) is 0 Å². The summed E-state index contributed by atoms with van der Waals surface area (Å²) in [6, 6.07) is 4.48. The van der Waals surface area contributed by atoms with Crippen molar-refractivity contribution >= 4 is 11.3 Å². The third-order valence-corrected chi connectivity index (χ3v) is 5.20. The second-order valence-electron chi connectivity index (χ2n) is 5.17. The number of nitrogens with zero attached hydrogens (tertiary/aromatic N) is 3. The average molecular weight is 288 g/mol. The highest BCUT2D eigenvalue weighted by Crippen LogP contribution is 2.33. The fourth-order valence-electron chi connectivity index (χ4n) is 2.64. The number of rotatable bonds is 3. The normalized spacial score (nSPS) is 18.1. The van der Waals surface area contributed by atoms with E-state index in [1.54, 1.807) is 17.5 Å². The summed E-state index contributed by atoms with van der Waals surface area (Å²) in [7, 11) is 0. The maximum atomic E-state index is 4.73. The van der Waals surface area contributed by atoms with Gasteiger partial charge in [0.2, 0.25) is 0 Å². The number of hydrogen-bond acceptors (Lipinski definition) is 5. The molecule has 0 amide bonds. The molecule has 1 N–H and O–H groups in total. The van der Waals surface area contributed by atoms with Gasteiger partial charge >= 0.3 is 0 Å². The average Bonchev–Trinajstić information content (AvgIpc) is 2.90. The molecule has 1 atom stereocenters. The Morgan fingerprint density at radius 1 is 1.35 bits per heavy atom. The van der Waals surface area contributed by atoms with Crippen molar-refractivity contribution < 1.29 is 0 Å². The van der Waals surface area contributed by atoms with Gasteiger partial charge in [-0.1, -0.05) is 0 Å². The second kappa shape index (κ2) is 5.99. The topological polar surface area (TPSA) is 41.1 Å². The van der Waals surface area contributed by atoms with E-state index in [2.05, 4.69) is 35.1 Å². The van der Waals surface area contributed by atoms with E-state index in [-0.39, 0.29) is 0 Å². The predicted molar refractivity (Wildman–Crippen MR) is 82.9 cm³/mol. The Morgan fingerprint density at radius 3 is 2.85 bits per heavy atom.